The van der Waals surface area contributed by atoms with Crippen LogP contribution in [0.2, 0.25) is 10.0 Å². The molecule has 1 aliphatic rings. The van der Waals surface area contributed by atoms with Crippen molar-refractivity contribution in [2.45, 2.75) is 25.5 Å². The van der Waals surface area contributed by atoms with E-state index in [0.717, 1.165) is 17.4 Å². The number of rotatable bonds is 3. The van der Waals surface area contributed by atoms with E-state index in [0.29, 0.717) is 21.2 Å². The lowest BCUT2D eigenvalue weighted by atomic mass is 10.1. The fraction of sp³-hybridized carbons (Fsp3) is 0.462. The van der Waals surface area contributed by atoms with Crippen molar-refractivity contribution < 1.29 is 0 Å². The summed E-state index contributed by atoms with van der Waals surface area (Å²) >= 11 is 13.8. The lowest BCUT2D eigenvalue weighted by Gasteiger charge is -2.12. The van der Waals surface area contributed by atoms with Gasteiger partial charge in [0, 0.05) is 10.3 Å². The summed E-state index contributed by atoms with van der Waals surface area (Å²) in [6, 6.07) is 5.39. The second-order valence-electron chi connectivity index (χ2n) is 4.76. The number of aliphatic imine (C=N–C) groups is 1. The Balaban J connectivity index is 1.97. The van der Waals surface area contributed by atoms with Gasteiger partial charge in [0.15, 0.2) is 5.17 Å². The van der Waals surface area contributed by atoms with Crippen molar-refractivity contribution in [2.75, 3.05) is 11.9 Å². The summed E-state index contributed by atoms with van der Waals surface area (Å²) in [5.41, 5.74) is 0.820. The van der Waals surface area contributed by atoms with E-state index in [2.05, 4.69) is 24.2 Å². The Kier molecular flexibility index (Phi) is 4.82. The molecule has 0 radical (unpaired) electrons. The highest BCUT2D eigenvalue weighted by Gasteiger charge is 2.21. The third-order valence-corrected chi connectivity index (χ3v) is 4.32. The van der Waals surface area contributed by atoms with Crippen molar-refractivity contribution in [3.63, 3.8) is 0 Å². The fourth-order valence-electron chi connectivity index (χ4n) is 1.84. The molecule has 0 aromatic heterocycles. The van der Waals surface area contributed by atoms with Gasteiger partial charge < -0.3 is 5.32 Å². The predicted octanol–water partition coefficient (Wildman–Crippen LogP) is 4.92. The zero-order valence-corrected chi connectivity index (χ0v) is 12.7. The summed E-state index contributed by atoms with van der Waals surface area (Å²) in [6.45, 7) is 5.35. The van der Waals surface area contributed by atoms with E-state index in [1.165, 1.54) is 6.42 Å². The predicted molar refractivity (Wildman–Crippen MR) is 83.2 cm³/mol. The molecule has 1 aliphatic heterocycles. The SMILES string of the molecule is CC(C)CC1CN=C(Nc2cc(Cl)ccc2Cl)S1. The number of benzene rings is 1. The van der Waals surface area contributed by atoms with E-state index < -0.39 is 0 Å². The molecule has 0 fully saturated rings. The molecule has 1 atom stereocenters. The van der Waals surface area contributed by atoms with Gasteiger partial charge >= 0.3 is 0 Å². The number of nitrogens with zero attached hydrogens (tertiary/aromatic N) is 1. The molecule has 0 bridgehead atoms. The number of amidine groups is 1. The van der Waals surface area contributed by atoms with Crippen molar-refractivity contribution >= 4 is 45.8 Å². The van der Waals surface area contributed by atoms with Crippen LogP contribution in [0.3, 0.4) is 0 Å². The Morgan fingerprint density at radius 3 is 2.94 bits per heavy atom. The van der Waals surface area contributed by atoms with Crippen molar-refractivity contribution in [3.05, 3.63) is 28.2 Å². The van der Waals surface area contributed by atoms with E-state index >= 15 is 0 Å². The normalized spacial score (nSPS) is 19.2. The Labute approximate surface area is 122 Å². The highest BCUT2D eigenvalue weighted by molar-refractivity contribution is 8.15. The summed E-state index contributed by atoms with van der Waals surface area (Å²) in [6.07, 6.45) is 1.18. The molecule has 2 nitrogen and oxygen atoms in total. The smallest absolute Gasteiger partial charge is 0.161 e. The maximum atomic E-state index is 6.11. The summed E-state index contributed by atoms with van der Waals surface area (Å²) in [7, 11) is 0. The molecular formula is C13H16Cl2N2S. The summed E-state index contributed by atoms with van der Waals surface area (Å²) in [5, 5.41) is 6.09. The Bertz CT molecular complexity index is 460. The number of nitrogens with one attached hydrogen (secondary N) is 1. The van der Waals surface area contributed by atoms with Crippen LogP contribution in [0.5, 0.6) is 0 Å². The van der Waals surface area contributed by atoms with Gasteiger partial charge in [-0.05, 0) is 30.5 Å². The van der Waals surface area contributed by atoms with Crippen LogP contribution in [0.1, 0.15) is 20.3 Å². The molecule has 0 amide bonds. The Morgan fingerprint density at radius 2 is 2.22 bits per heavy atom. The first kappa shape index (κ1) is 14.0. The molecule has 98 valence electrons. The van der Waals surface area contributed by atoms with Crippen LogP contribution < -0.4 is 5.32 Å². The van der Waals surface area contributed by atoms with Crippen molar-refractivity contribution in [3.8, 4) is 0 Å². The molecule has 0 spiro atoms. The Morgan fingerprint density at radius 1 is 1.44 bits per heavy atom. The van der Waals surface area contributed by atoms with E-state index in [1.807, 2.05) is 6.07 Å². The van der Waals surface area contributed by atoms with Crippen LogP contribution in [0.25, 0.3) is 0 Å². The average molecular weight is 303 g/mol. The van der Waals surface area contributed by atoms with Gasteiger partial charge in [0.2, 0.25) is 0 Å². The van der Waals surface area contributed by atoms with Gasteiger partial charge in [-0.3, -0.25) is 4.99 Å². The molecule has 0 aliphatic carbocycles. The molecule has 5 heteroatoms. The van der Waals surface area contributed by atoms with E-state index in [4.69, 9.17) is 23.2 Å². The number of halogens is 2. The molecule has 0 saturated carbocycles. The molecule has 1 heterocycles. The third-order valence-electron chi connectivity index (χ3n) is 2.62. The van der Waals surface area contributed by atoms with Crippen molar-refractivity contribution in [1.82, 2.24) is 0 Å². The number of thioether (sulfide) groups is 1. The van der Waals surface area contributed by atoms with Crippen LogP contribution in [0.15, 0.2) is 23.2 Å². The molecule has 2 rings (SSSR count). The lowest BCUT2D eigenvalue weighted by Crippen LogP contribution is -2.09. The lowest BCUT2D eigenvalue weighted by molar-refractivity contribution is 0.575. The minimum absolute atomic E-state index is 0.574. The highest BCUT2D eigenvalue weighted by Crippen LogP contribution is 2.30. The zero-order valence-electron chi connectivity index (χ0n) is 10.4. The largest absolute Gasteiger partial charge is 0.334 e. The standard InChI is InChI=1S/C13H16Cl2N2S/c1-8(2)5-10-7-16-13(18-10)17-12-6-9(14)3-4-11(12)15/h3-4,6,8,10H,5,7H2,1-2H3,(H,16,17). The molecular weight excluding hydrogens is 287 g/mol. The van der Waals surface area contributed by atoms with Gasteiger partial charge in [0.05, 0.1) is 17.3 Å². The van der Waals surface area contributed by atoms with Crippen molar-refractivity contribution in [2.24, 2.45) is 10.9 Å². The van der Waals surface area contributed by atoms with Gasteiger partial charge in [-0.15, -0.1) is 0 Å². The third kappa shape index (κ3) is 3.81. The molecule has 1 unspecified atom stereocenters. The topological polar surface area (TPSA) is 24.4 Å². The summed E-state index contributed by atoms with van der Waals surface area (Å²) in [4.78, 5) is 4.50. The summed E-state index contributed by atoms with van der Waals surface area (Å²) in [5.74, 6) is 0.701. The van der Waals surface area contributed by atoms with Gasteiger partial charge in [-0.1, -0.05) is 48.8 Å². The first-order valence-electron chi connectivity index (χ1n) is 5.98. The van der Waals surface area contributed by atoms with Crippen LogP contribution >= 0.6 is 35.0 Å². The summed E-state index contributed by atoms with van der Waals surface area (Å²) < 4.78 is 0. The van der Waals surface area contributed by atoms with Gasteiger partial charge in [0.25, 0.3) is 0 Å². The highest BCUT2D eigenvalue weighted by atomic mass is 35.5. The fourth-order valence-corrected chi connectivity index (χ4v) is 3.44. The molecule has 1 aromatic carbocycles. The number of anilines is 1. The molecule has 18 heavy (non-hydrogen) atoms. The zero-order chi connectivity index (χ0) is 13.1. The van der Waals surface area contributed by atoms with Gasteiger partial charge in [-0.25, -0.2) is 0 Å². The Hall–Kier alpha value is -0.380. The number of hydrogen-bond acceptors (Lipinski definition) is 3. The van der Waals surface area contributed by atoms with Crippen LogP contribution in [-0.2, 0) is 0 Å². The average Bonchev–Trinajstić information content (AvgIpc) is 2.70. The first-order valence-corrected chi connectivity index (χ1v) is 7.61. The van der Waals surface area contributed by atoms with Crippen LogP contribution in [0.4, 0.5) is 5.69 Å². The quantitative estimate of drug-likeness (QED) is 0.857. The second kappa shape index (κ2) is 6.18. The maximum absolute atomic E-state index is 6.11. The van der Waals surface area contributed by atoms with E-state index in [9.17, 15) is 0 Å². The second-order valence-corrected chi connectivity index (χ2v) is 6.90. The molecule has 1 aromatic rings. The van der Waals surface area contributed by atoms with Crippen LogP contribution in [-0.4, -0.2) is 17.0 Å². The van der Waals surface area contributed by atoms with E-state index in [1.54, 1.807) is 23.9 Å². The van der Waals surface area contributed by atoms with Gasteiger partial charge in [-0.2, -0.15) is 0 Å². The first-order chi connectivity index (χ1) is 8.54. The maximum Gasteiger partial charge on any atom is 0.161 e. The molecule has 0 saturated heterocycles. The monoisotopic (exact) mass is 302 g/mol. The van der Waals surface area contributed by atoms with E-state index in [-0.39, 0.29) is 0 Å². The minimum atomic E-state index is 0.574. The van der Waals surface area contributed by atoms with Crippen molar-refractivity contribution in [1.29, 1.82) is 0 Å². The molecule has 1 N–H and O–H groups in total. The minimum Gasteiger partial charge on any atom is -0.334 e. The van der Waals surface area contributed by atoms with Crippen LogP contribution in [0, 0.1) is 5.92 Å². The van der Waals surface area contributed by atoms with Gasteiger partial charge in [0.1, 0.15) is 0 Å². The number of hydrogen-bond donors (Lipinski definition) is 1.